The third-order valence-corrected chi connectivity index (χ3v) is 5.59. The van der Waals surface area contributed by atoms with Crippen molar-refractivity contribution >= 4 is 16.9 Å². The Morgan fingerprint density at radius 2 is 1.93 bits per heavy atom. The normalized spacial score (nSPS) is 24.0. The molecule has 156 valence electrons. The number of fused-ring (bicyclic) bond motifs is 6. The number of hydrogen-bond acceptors (Lipinski definition) is 8. The van der Waals surface area contributed by atoms with Crippen molar-refractivity contribution in [2.24, 2.45) is 0 Å². The smallest absolute Gasteiger partial charge is 0.305 e. The number of furan rings is 1. The number of carbonyl (C=O) groups excluding carboxylic acids is 1. The molecule has 0 saturated heterocycles. The van der Waals surface area contributed by atoms with Gasteiger partial charge in [-0.05, 0) is 24.3 Å². The molecule has 30 heavy (non-hydrogen) atoms. The minimum atomic E-state index is -1.98. The minimum Gasteiger partial charge on any atom is -0.493 e. The number of hydrogen-bond donors (Lipinski definition) is 1. The molecule has 3 aromatic rings. The van der Waals surface area contributed by atoms with E-state index in [2.05, 4.69) is 0 Å². The number of aliphatic hydroxyl groups is 1. The lowest BCUT2D eigenvalue weighted by atomic mass is 9.77. The Hall–Kier alpha value is -3.39. The molecule has 2 aliphatic heterocycles. The average molecular weight is 412 g/mol. The van der Waals surface area contributed by atoms with E-state index in [0.29, 0.717) is 45.1 Å². The standard InChI is InChI=1S/C22H20O8/c1-11(23)30-22(24)14-4-5-15-12(6-7-27-15)21(14)29-19-10-28-16-9-18(26-3)17(25-2)8-13(16)20(19)22/h4-9,19-20,24H,10H2,1-3H3/t19?,20?,22-/m1/s1. The van der Waals surface area contributed by atoms with Gasteiger partial charge in [0.25, 0.3) is 5.79 Å². The topological polar surface area (TPSA) is 96.6 Å². The van der Waals surface area contributed by atoms with Crippen molar-refractivity contribution in [3.05, 3.63) is 47.7 Å². The highest BCUT2D eigenvalue weighted by Crippen LogP contribution is 2.55. The van der Waals surface area contributed by atoms with Crippen molar-refractivity contribution in [1.29, 1.82) is 0 Å². The molecule has 0 spiro atoms. The van der Waals surface area contributed by atoms with Crippen LogP contribution in [-0.4, -0.2) is 38.0 Å². The molecule has 0 amide bonds. The molecule has 0 saturated carbocycles. The predicted molar refractivity (Wildman–Crippen MR) is 104 cm³/mol. The molecule has 1 aromatic heterocycles. The Labute approximate surface area is 171 Å². The van der Waals surface area contributed by atoms with Gasteiger partial charge in [0.15, 0.2) is 11.5 Å². The van der Waals surface area contributed by atoms with Crippen molar-refractivity contribution in [3.63, 3.8) is 0 Å². The molecule has 8 nitrogen and oxygen atoms in total. The molecule has 0 fully saturated rings. The van der Waals surface area contributed by atoms with E-state index in [9.17, 15) is 9.90 Å². The maximum atomic E-state index is 12.0. The number of rotatable bonds is 3. The molecule has 2 unspecified atom stereocenters. The molecule has 5 rings (SSSR count). The Kier molecular flexibility index (Phi) is 4.08. The summed E-state index contributed by atoms with van der Waals surface area (Å²) in [5.41, 5.74) is 1.53. The van der Waals surface area contributed by atoms with Gasteiger partial charge in [0.1, 0.15) is 29.8 Å². The van der Waals surface area contributed by atoms with Gasteiger partial charge < -0.3 is 33.2 Å². The van der Waals surface area contributed by atoms with Crippen LogP contribution in [0.4, 0.5) is 0 Å². The minimum absolute atomic E-state index is 0.143. The molecule has 8 heteroatoms. The highest BCUT2D eigenvalue weighted by Gasteiger charge is 2.56. The third kappa shape index (κ3) is 2.53. The molecule has 0 radical (unpaired) electrons. The molecular weight excluding hydrogens is 392 g/mol. The van der Waals surface area contributed by atoms with Crippen LogP contribution >= 0.6 is 0 Å². The van der Waals surface area contributed by atoms with Gasteiger partial charge >= 0.3 is 5.97 Å². The van der Waals surface area contributed by atoms with Crippen LogP contribution in [0.1, 0.15) is 24.0 Å². The van der Waals surface area contributed by atoms with Crippen LogP contribution in [0.3, 0.4) is 0 Å². The quantitative estimate of drug-likeness (QED) is 0.518. The maximum Gasteiger partial charge on any atom is 0.305 e. The van der Waals surface area contributed by atoms with Gasteiger partial charge in [-0.1, -0.05) is 0 Å². The molecule has 3 atom stereocenters. The number of methoxy groups -OCH3 is 2. The zero-order valence-corrected chi connectivity index (χ0v) is 16.6. The van der Waals surface area contributed by atoms with Crippen molar-refractivity contribution in [3.8, 4) is 23.0 Å². The van der Waals surface area contributed by atoms with Crippen LogP contribution in [-0.2, 0) is 15.3 Å². The van der Waals surface area contributed by atoms with Gasteiger partial charge in [0, 0.05) is 18.6 Å². The van der Waals surface area contributed by atoms with Gasteiger partial charge in [0.05, 0.1) is 37.4 Å². The van der Waals surface area contributed by atoms with E-state index in [1.807, 2.05) is 0 Å². The number of benzene rings is 2. The maximum absolute atomic E-state index is 12.0. The lowest BCUT2D eigenvalue weighted by Gasteiger charge is -2.46. The lowest BCUT2D eigenvalue weighted by molar-refractivity contribution is -0.243. The Morgan fingerprint density at radius 3 is 2.67 bits per heavy atom. The fraction of sp³-hybridized carbons (Fsp3) is 0.318. The Morgan fingerprint density at radius 1 is 1.17 bits per heavy atom. The first-order valence-corrected chi connectivity index (χ1v) is 9.44. The Bertz CT molecular complexity index is 1150. The van der Waals surface area contributed by atoms with Crippen molar-refractivity contribution in [2.75, 3.05) is 20.8 Å². The summed E-state index contributed by atoms with van der Waals surface area (Å²) in [4.78, 5) is 12.0. The van der Waals surface area contributed by atoms with Crippen LogP contribution in [0.2, 0.25) is 0 Å². The lowest BCUT2D eigenvalue weighted by Crippen LogP contribution is -2.52. The van der Waals surface area contributed by atoms with Gasteiger partial charge in [-0.2, -0.15) is 0 Å². The first-order valence-electron chi connectivity index (χ1n) is 9.44. The third-order valence-electron chi connectivity index (χ3n) is 5.59. The highest BCUT2D eigenvalue weighted by molar-refractivity contribution is 5.86. The van der Waals surface area contributed by atoms with E-state index in [0.717, 1.165) is 0 Å². The Balaban J connectivity index is 1.75. The fourth-order valence-corrected chi connectivity index (χ4v) is 4.36. The van der Waals surface area contributed by atoms with E-state index in [1.54, 1.807) is 30.3 Å². The predicted octanol–water partition coefficient (Wildman–Crippen LogP) is 3.10. The summed E-state index contributed by atoms with van der Waals surface area (Å²) in [6.45, 7) is 1.40. The summed E-state index contributed by atoms with van der Waals surface area (Å²) >= 11 is 0. The van der Waals surface area contributed by atoms with Crippen LogP contribution in [0.5, 0.6) is 23.0 Å². The van der Waals surface area contributed by atoms with Crippen LogP contribution in [0, 0.1) is 0 Å². The summed E-state index contributed by atoms with van der Waals surface area (Å²) in [6.07, 6.45) is 0.919. The van der Waals surface area contributed by atoms with E-state index < -0.39 is 23.8 Å². The van der Waals surface area contributed by atoms with Crippen LogP contribution in [0.15, 0.2) is 41.0 Å². The largest absolute Gasteiger partial charge is 0.493 e. The summed E-state index contributed by atoms with van der Waals surface area (Å²) in [5.74, 6) is -1.50. The molecule has 3 heterocycles. The molecule has 0 aliphatic carbocycles. The van der Waals surface area contributed by atoms with E-state index >= 15 is 0 Å². The zero-order valence-electron chi connectivity index (χ0n) is 16.6. The van der Waals surface area contributed by atoms with Crippen LogP contribution in [0.25, 0.3) is 11.0 Å². The van der Waals surface area contributed by atoms with E-state index in [-0.39, 0.29) is 6.61 Å². The van der Waals surface area contributed by atoms with Gasteiger partial charge in [0.2, 0.25) is 0 Å². The molecule has 2 aliphatic rings. The highest BCUT2D eigenvalue weighted by atomic mass is 16.7. The summed E-state index contributed by atoms with van der Waals surface area (Å²) in [5, 5.41) is 12.5. The first-order chi connectivity index (χ1) is 14.5. The molecule has 0 bridgehead atoms. The van der Waals surface area contributed by atoms with Crippen molar-refractivity contribution in [1.82, 2.24) is 0 Å². The average Bonchev–Trinajstić information content (AvgIpc) is 3.21. The van der Waals surface area contributed by atoms with Crippen molar-refractivity contribution < 1.29 is 38.0 Å². The fourth-order valence-electron chi connectivity index (χ4n) is 4.36. The van der Waals surface area contributed by atoms with Gasteiger partial charge in [-0.3, -0.25) is 4.79 Å². The number of esters is 1. The molecular formula is C22H20O8. The molecule has 2 aromatic carbocycles. The van der Waals surface area contributed by atoms with Gasteiger partial charge in [-0.25, -0.2) is 0 Å². The monoisotopic (exact) mass is 412 g/mol. The van der Waals surface area contributed by atoms with Crippen LogP contribution < -0.4 is 18.9 Å². The van der Waals surface area contributed by atoms with E-state index in [1.165, 1.54) is 27.4 Å². The summed E-state index contributed by atoms with van der Waals surface area (Å²) in [6, 6.07) is 8.50. The van der Waals surface area contributed by atoms with Crippen molar-refractivity contribution in [2.45, 2.75) is 24.7 Å². The number of carbonyl (C=O) groups is 1. The molecule has 1 N–H and O–H groups in total. The second-order valence-corrected chi connectivity index (χ2v) is 7.25. The van der Waals surface area contributed by atoms with E-state index in [4.69, 9.17) is 28.1 Å². The first kappa shape index (κ1) is 18.6. The summed E-state index contributed by atoms with van der Waals surface area (Å²) < 4.78 is 34.0. The second kappa shape index (κ2) is 6.56. The van der Waals surface area contributed by atoms with Gasteiger partial charge in [-0.15, -0.1) is 0 Å². The second-order valence-electron chi connectivity index (χ2n) is 7.25. The SMILES string of the molecule is COc1cc2c(cc1OC)C1C(CO2)Oc2c(ccc3occc23)[C@@]1(O)OC(C)=O. The number of ether oxygens (including phenoxy) is 5. The summed E-state index contributed by atoms with van der Waals surface area (Å²) in [7, 11) is 3.05. The zero-order chi connectivity index (χ0) is 21.0.